The molecule has 1 aliphatic rings. The average molecular weight is 433 g/mol. The molecule has 0 radical (unpaired) electrons. The van der Waals surface area contributed by atoms with Gasteiger partial charge in [0.25, 0.3) is 0 Å². The van der Waals surface area contributed by atoms with Crippen LogP contribution in [0.1, 0.15) is 48.8 Å². The first kappa shape index (κ1) is 21.9. The lowest BCUT2D eigenvalue weighted by atomic mass is 9.96. The van der Waals surface area contributed by atoms with E-state index in [1.165, 1.54) is 30.4 Å². The first-order chi connectivity index (χ1) is 15.7. The van der Waals surface area contributed by atoms with E-state index in [4.69, 9.17) is 4.74 Å². The number of nitrogens with zero attached hydrogens (tertiary/aromatic N) is 3. The fraction of sp³-hybridized carbons (Fsp3) is 0.400. The summed E-state index contributed by atoms with van der Waals surface area (Å²) in [5, 5.41) is 10.2. The molecule has 0 atom stereocenters. The van der Waals surface area contributed by atoms with E-state index in [-0.39, 0.29) is 0 Å². The van der Waals surface area contributed by atoms with E-state index in [2.05, 4.69) is 68.2 Å². The molecule has 3 aromatic rings. The van der Waals surface area contributed by atoms with Crippen LogP contribution in [-0.2, 0) is 13.1 Å². The van der Waals surface area contributed by atoms with E-state index >= 15 is 0 Å². The number of hydrogen-bond acceptors (Lipinski definition) is 7. The number of methoxy groups -OCH3 is 1. The van der Waals surface area contributed by atoms with Crippen molar-refractivity contribution < 1.29 is 4.74 Å². The van der Waals surface area contributed by atoms with Crippen LogP contribution in [0, 0.1) is 6.92 Å². The molecule has 1 heterocycles. The zero-order chi connectivity index (χ0) is 22.2. The standard InChI is InChI=1S/C25H32N6O/c1-18-11-13-19(14-12-18)16-26-23-29-24(27-17-20-7-6-10-22(15-20)32-2)31-25(30-23)28-21-8-4-3-5-9-21/h6-7,10-15,21H,3-5,8-9,16-17H2,1-2H3,(H3,26,27,28,29,30,31). The molecule has 7 heteroatoms. The van der Waals surface area contributed by atoms with E-state index in [0.717, 1.165) is 24.2 Å². The smallest absolute Gasteiger partial charge is 0.229 e. The molecule has 4 rings (SSSR count). The second-order valence-corrected chi connectivity index (χ2v) is 8.33. The summed E-state index contributed by atoms with van der Waals surface area (Å²) in [5.41, 5.74) is 3.53. The molecule has 1 aliphatic carbocycles. The van der Waals surface area contributed by atoms with Crippen LogP contribution >= 0.6 is 0 Å². The van der Waals surface area contributed by atoms with Gasteiger partial charge in [-0.3, -0.25) is 0 Å². The number of benzene rings is 2. The van der Waals surface area contributed by atoms with Gasteiger partial charge in [-0.2, -0.15) is 15.0 Å². The Balaban J connectivity index is 1.48. The molecule has 7 nitrogen and oxygen atoms in total. The first-order valence-corrected chi connectivity index (χ1v) is 11.4. The summed E-state index contributed by atoms with van der Waals surface area (Å²) in [6, 6.07) is 16.9. The quantitative estimate of drug-likeness (QED) is 0.431. The Morgan fingerprint density at radius 1 is 0.812 bits per heavy atom. The van der Waals surface area contributed by atoms with Gasteiger partial charge < -0.3 is 20.7 Å². The number of rotatable bonds is 9. The SMILES string of the molecule is COc1cccc(CNc2nc(NCc3ccc(C)cc3)nc(NC3CCCCC3)n2)c1. The van der Waals surface area contributed by atoms with Crippen LogP contribution in [0.15, 0.2) is 48.5 Å². The van der Waals surface area contributed by atoms with E-state index in [9.17, 15) is 0 Å². The maximum Gasteiger partial charge on any atom is 0.229 e. The third kappa shape index (κ3) is 6.33. The van der Waals surface area contributed by atoms with Gasteiger partial charge in [0.2, 0.25) is 17.8 Å². The van der Waals surface area contributed by atoms with E-state index < -0.39 is 0 Å². The van der Waals surface area contributed by atoms with Crippen LogP contribution in [0.25, 0.3) is 0 Å². The summed E-state index contributed by atoms with van der Waals surface area (Å²) in [4.78, 5) is 13.9. The summed E-state index contributed by atoms with van der Waals surface area (Å²) in [6.45, 7) is 3.34. The minimum absolute atomic E-state index is 0.419. The Kier molecular flexibility index (Phi) is 7.38. The zero-order valence-electron chi connectivity index (χ0n) is 18.9. The lowest BCUT2D eigenvalue weighted by molar-refractivity contribution is 0.414. The van der Waals surface area contributed by atoms with Crippen molar-refractivity contribution in [2.24, 2.45) is 0 Å². The summed E-state index contributed by atoms with van der Waals surface area (Å²) < 4.78 is 5.32. The van der Waals surface area contributed by atoms with Crippen molar-refractivity contribution in [2.75, 3.05) is 23.1 Å². The Morgan fingerprint density at radius 3 is 2.16 bits per heavy atom. The zero-order valence-corrected chi connectivity index (χ0v) is 18.9. The molecule has 0 unspecified atom stereocenters. The molecule has 0 amide bonds. The Labute approximate surface area is 190 Å². The predicted octanol–water partition coefficient (Wildman–Crippen LogP) is 5.16. The van der Waals surface area contributed by atoms with Gasteiger partial charge in [0.1, 0.15) is 5.75 Å². The number of aryl methyl sites for hydroxylation is 1. The van der Waals surface area contributed by atoms with Crippen molar-refractivity contribution in [3.63, 3.8) is 0 Å². The van der Waals surface area contributed by atoms with E-state index in [0.29, 0.717) is 37.0 Å². The predicted molar refractivity (Wildman–Crippen MR) is 129 cm³/mol. The van der Waals surface area contributed by atoms with Crippen LogP contribution in [0.4, 0.5) is 17.8 Å². The summed E-state index contributed by atoms with van der Waals surface area (Å²) in [6.07, 6.45) is 6.13. The maximum absolute atomic E-state index is 5.32. The van der Waals surface area contributed by atoms with E-state index in [1.54, 1.807) is 7.11 Å². The van der Waals surface area contributed by atoms with Gasteiger partial charge >= 0.3 is 0 Å². The maximum atomic E-state index is 5.32. The molecule has 0 aliphatic heterocycles. The van der Waals surface area contributed by atoms with Gasteiger partial charge in [-0.15, -0.1) is 0 Å². The van der Waals surface area contributed by atoms with E-state index in [1.807, 2.05) is 18.2 Å². The Bertz CT molecular complexity index is 1000. The third-order valence-electron chi connectivity index (χ3n) is 5.73. The number of nitrogens with one attached hydrogen (secondary N) is 3. The topological polar surface area (TPSA) is 84.0 Å². The van der Waals surface area contributed by atoms with Crippen molar-refractivity contribution in [2.45, 2.75) is 58.2 Å². The van der Waals surface area contributed by atoms with Crippen LogP contribution in [0.5, 0.6) is 5.75 Å². The van der Waals surface area contributed by atoms with Gasteiger partial charge in [0.15, 0.2) is 0 Å². The third-order valence-corrected chi connectivity index (χ3v) is 5.73. The monoisotopic (exact) mass is 432 g/mol. The largest absolute Gasteiger partial charge is 0.497 e. The number of ether oxygens (including phenoxy) is 1. The van der Waals surface area contributed by atoms with Crippen molar-refractivity contribution in [1.82, 2.24) is 15.0 Å². The highest BCUT2D eigenvalue weighted by molar-refractivity contribution is 5.44. The lowest BCUT2D eigenvalue weighted by Crippen LogP contribution is -2.24. The number of hydrogen-bond donors (Lipinski definition) is 3. The number of anilines is 3. The molecule has 1 fully saturated rings. The lowest BCUT2D eigenvalue weighted by Gasteiger charge is -2.23. The molecule has 1 saturated carbocycles. The minimum Gasteiger partial charge on any atom is -0.497 e. The van der Waals surface area contributed by atoms with Gasteiger partial charge in [0, 0.05) is 19.1 Å². The molecule has 0 bridgehead atoms. The van der Waals surface area contributed by atoms with Crippen LogP contribution in [0.3, 0.4) is 0 Å². The second-order valence-electron chi connectivity index (χ2n) is 8.33. The van der Waals surface area contributed by atoms with Crippen LogP contribution < -0.4 is 20.7 Å². The van der Waals surface area contributed by atoms with Gasteiger partial charge in [-0.05, 0) is 43.0 Å². The van der Waals surface area contributed by atoms with Crippen molar-refractivity contribution in [1.29, 1.82) is 0 Å². The Hall–Kier alpha value is -3.35. The highest BCUT2D eigenvalue weighted by Crippen LogP contribution is 2.21. The average Bonchev–Trinajstić information content (AvgIpc) is 2.83. The molecule has 32 heavy (non-hydrogen) atoms. The van der Waals surface area contributed by atoms with Crippen LogP contribution in [-0.4, -0.2) is 28.1 Å². The fourth-order valence-corrected chi connectivity index (χ4v) is 3.88. The van der Waals surface area contributed by atoms with Gasteiger partial charge in [-0.25, -0.2) is 0 Å². The van der Waals surface area contributed by atoms with Crippen molar-refractivity contribution in [3.8, 4) is 5.75 Å². The second kappa shape index (κ2) is 10.8. The summed E-state index contributed by atoms with van der Waals surface area (Å²) >= 11 is 0. The number of aromatic nitrogens is 3. The molecule has 1 aromatic heterocycles. The molecule has 3 N–H and O–H groups in total. The molecule has 168 valence electrons. The van der Waals surface area contributed by atoms with Crippen molar-refractivity contribution in [3.05, 3.63) is 65.2 Å². The minimum atomic E-state index is 0.419. The van der Waals surface area contributed by atoms with Crippen molar-refractivity contribution >= 4 is 17.8 Å². The molecular weight excluding hydrogens is 400 g/mol. The van der Waals surface area contributed by atoms with Gasteiger partial charge in [0.05, 0.1) is 7.11 Å². The highest BCUT2D eigenvalue weighted by Gasteiger charge is 2.15. The highest BCUT2D eigenvalue weighted by atomic mass is 16.5. The van der Waals surface area contributed by atoms with Crippen LogP contribution in [0.2, 0.25) is 0 Å². The normalized spacial score (nSPS) is 14.1. The molecule has 0 saturated heterocycles. The molecular formula is C25H32N6O. The molecule has 0 spiro atoms. The summed E-state index contributed by atoms with van der Waals surface area (Å²) in [7, 11) is 1.67. The summed E-state index contributed by atoms with van der Waals surface area (Å²) in [5.74, 6) is 2.56. The Morgan fingerprint density at radius 2 is 1.47 bits per heavy atom. The molecule has 2 aromatic carbocycles. The first-order valence-electron chi connectivity index (χ1n) is 11.4. The fourth-order valence-electron chi connectivity index (χ4n) is 3.88. The van der Waals surface area contributed by atoms with Gasteiger partial charge in [-0.1, -0.05) is 61.2 Å².